The Labute approximate surface area is 119 Å². The molecule has 0 radical (unpaired) electrons. The molecular weight excluding hydrogens is 284 g/mol. The van der Waals surface area contributed by atoms with E-state index in [1.807, 2.05) is 18.2 Å². The predicted octanol–water partition coefficient (Wildman–Crippen LogP) is 2.38. The van der Waals surface area contributed by atoms with Crippen LogP contribution in [-0.4, -0.2) is 32.7 Å². The van der Waals surface area contributed by atoms with Crippen molar-refractivity contribution in [3.63, 3.8) is 0 Å². The first-order valence-electron chi connectivity index (χ1n) is 6.22. The second-order valence-electron chi connectivity index (χ2n) is 4.17. The molecule has 0 aliphatic heterocycles. The standard InChI is InChI=1S/C13H13F2N3O3/c14-12(15)11-10(13(19)20)16-17-18(11)7-4-8-21-9-5-2-1-3-6-9/h1-3,5-6,12H,4,7-8H2,(H,19,20). The quantitative estimate of drug-likeness (QED) is 0.794. The largest absolute Gasteiger partial charge is 0.494 e. The number of hydrogen-bond acceptors (Lipinski definition) is 4. The molecule has 0 spiro atoms. The number of benzene rings is 1. The number of ether oxygens (including phenoxy) is 1. The molecule has 2 aromatic rings. The molecule has 0 atom stereocenters. The van der Waals surface area contributed by atoms with Crippen LogP contribution in [0.25, 0.3) is 0 Å². The van der Waals surface area contributed by atoms with Crippen molar-refractivity contribution in [2.24, 2.45) is 0 Å². The minimum Gasteiger partial charge on any atom is -0.494 e. The average molecular weight is 297 g/mol. The van der Waals surface area contributed by atoms with Crippen LogP contribution in [0, 0.1) is 0 Å². The van der Waals surface area contributed by atoms with E-state index in [1.54, 1.807) is 12.1 Å². The summed E-state index contributed by atoms with van der Waals surface area (Å²) in [6.07, 6.45) is -2.54. The predicted molar refractivity (Wildman–Crippen MR) is 68.5 cm³/mol. The van der Waals surface area contributed by atoms with Crippen LogP contribution in [0.5, 0.6) is 5.75 Å². The minimum absolute atomic E-state index is 0.104. The lowest BCUT2D eigenvalue weighted by Crippen LogP contribution is -2.11. The Morgan fingerprint density at radius 2 is 2.05 bits per heavy atom. The number of para-hydroxylation sites is 1. The van der Waals surface area contributed by atoms with Crippen molar-refractivity contribution in [2.45, 2.75) is 19.4 Å². The molecule has 0 saturated heterocycles. The lowest BCUT2D eigenvalue weighted by atomic mass is 10.3. The van der Waals surface area contributed by atoms with E-state index in [0.717, 1.165) is 4.68 Å². The Morgan fingerprint density at radius 3 is 2.67 bits per heavy atom. The van der Waals surface area contributed by atoms with Crippen LogP contribution in [0.3, 0.4) is 0 Å². The number of carboxylic acids is 1. The molecule has 6 nitrogen and oxygen atoms in total. The Morgan fingerprint density at radius 1 is 1.33 bits per heavy atom. The molecule has 112 valence electrons. The van der Waals surface area contributed by atoms with Gasteiger partial charge in [-0.05, 0) is 12.1 Å². The lowest BCUT2D eigenvalue weighted by molar-refractivity contribution is 0.0675. The topological polar surface area (TPSA) is 77.2 Å². The van der Waals surface area contributed by atoms with Gasteiger partial charge in [0.25, 0.3) is 6.43 Å². The number of rotatable bonds is 7. The molecular formula is C13H13F2N3O3. The van der Waals surface area contributed by atoms with Gasteiger partial charge in [0, 0.05) is 13.0 Å². The lowest BCUT2D eigenvalue weighted by Gasteiger charge is -2.08. The smallest absolute Gasteiger partial charge is 0.358 e. The van der Waals surface area contributed by atoms with Gasteiger partial charge in [0.05, 0.1) is 6.61 Å². The fraction of sp³-hybridized carbons (Fsp3) is 0.308. The van der Waals surface area contributed by atoms with Crippen LogP contribution in [0.4, 0.5) is 8.78 Å². The Balaban J connectivity index is 1.93. The van der Waals surface area contributed by atoms with E-state index in [4.69, 9.17) is 9.84 Å². The van der Waals surface area contributed by atoms with E-state index in [-0.39, 0.29) is 6.54 Å². The van der Waals surface area contributed by atoms with Gasteiger partial charge in [-0.1, -0.05) is 23.4 Å². The molecule has 0 saturated carbocycles. The fourth-order valence-electron chi connectivity index (χ4n) is 1.77. The molecule has 0 aliphatic carbocycles. The van der Waals surface area contributed by atoms with Crippen LogP contribution in [0.1, 0.15) is 29.0 Å². The maximum absolute atomic E-state index is 12.9. The van der Waals surface area contributed by atoms with Gasteiger partial charge < -0.3 is 9.84 Å². The summed E-state index contributed by atoms with van der Waals surface area (Å²) in [7, 11) is 0. The first-order chi connectivity index (χ1) is 10.1. The monoisotopic (exact) mass is 297 g/mol. The van der Waals surface area contributed by atoms with Crippen molar-refractivity contribution in [1.29, 1.82) is 0 Å². The Bertz CT molecular complexity index is 602. The van der Waals surface area contributed by atoms with Gasteiger partial charge in [-0.2, -0.15) is 0 Å². The van der Waals surface area contributed by atoms with Gasteiger partial charge in [-0.25, -0.2) is 18.3 Å². The second kappa shape index (κ2) is 6.78. The van der Waals surface area contributed by atoms with E-state index in [9.17, 15) is 13.6 Å². The first kappa shape index (κ1) is 14.9. The van der Waals surface area contributed by atoms with Crippen molar-refractivity contribution < 1.29 is 23.4 Å². The van der Waals surface area contributed by atoms with E-state index < -0.39 is 23.8 Å². The summed E-state index contributed by atoms with van der Waals surface area (Å²) in [6, 6.07) is 9.05. The maximum atomic E-state index is 12.9. The molecule has 1 heterocycles. The zero-order chi connectivity index (χ0) is 15.2. The van der Waals surface area contributed by atoms with Crippen LogP contribution in [-0.2, 0) is 6.54 Å². The highest BCUT2D eigenvalue weighted by Gasteiger charge is 2.25. The molecule has 1 N–H and O–H groups in total. The highest BCUT2D eigenvalue weighted by Crippen LogP contribution is 2.21. The minimum atomic E-state index is -2.94. The molecule has 21 heavy (non-hydrogen) atoms. The Kier molecular flexibility index (Phi) is 4.81. The molecule has 1 aromatic carbocycles. The van der Waals surface area contributed by atoms with Crippen LogP contribution in [0.15, 0.2) is 30.3 Å². The van der Waals surface area contributed by atoms with Crippen LogP contribution in [0.2, 0.25) is 0 Å². The van der Waals surface area contributed by atoms with Gasteiger partial charge in [0.1, 0.15) is 11.4 Å². The van der Waals surface area contributed by atoms with E-state index >= 15 is 0 Å². The number of carboxylic acid groups (broad SMARTS) is 1. The summed E-state index contributed by atoms with van der Waals surface area (Å²) in [6.45, 7) is 0.405. The van der Waals surface area contributed by atoms with Crippen molar-refractivity contribution in [3.05, 3.63) is 41.7 Å². The Hall–Kier alpha value is -2.51. The van der Waals surface area contributed by atoms with Gasteiger partial charge in [-0.3, -0.25) is 0 Å². The number of hydrogen-bond donors (Lipinski definition) is 1. The van der Waals surface area contributed by atoms with Gasteiger partial charge in [0.15, 0.2) is 5.69 Å². The first-order valence-corrected chi connectivity index (χ1v) is 6.22. The SMILES string of the molecule is O=C(O)c1nnn(CCCOc2ccccc2)c1C(F)F. The number of halogens is 2. The molecule has 8 heteroatoms. The van der Waals surface area contributed by atoms with Gasteiger partial charge in [0.2, 0.25) is 0 Å². The third-order valence-corrected chi connectivity index (χ3v) is 2.71. The molecule has 0 fully saturated rings. The number of aryl methyl sites for hydroxylation is 1. The normalized spacial score (nSPS) is 10.8. The average Bonchev–Trinajstić information content (AvgIpc) is 2.89. The molecule has 1 aromatic heterocycles. The summed E-state index contributed by atoms with van der Waals surface area (Å²) in [5, 5.41) is 15.5. The molecule has 0 amide bonds. The summed E-state index contributed by atoms with van der Waals surface area (Å²) in [5.41, 5.74) is -1.39. The molecule has 0 bridgehead atoms. The maximum Gasteiger partial charge on any atom is 0.358 e. The summed E-state index contributed by atoms with van der Waals surface area (Å²) < 4.78 is 32.0. The zero-order valence-corrected chi connectivity index (χ0v) is 10.9. The number of alkyl halides is 2. The van der Waals surface area contributed by atoms with E-state index in [1.165, 1.54) is 0 Å². The van der Waals surface area contributed by atoms with Crippen molar-refractivity contribution in [3.8, 4) is 5.75 Å². The van der Waals surface area contributed by atoms with Crippen LogP contribution >= 0.6 is 0 Å². The van der Waals surface area contributed by atoms with Crippen LogP contribution < -0.4 is 4.74 Å². The summed E-state index contributed by atoms with van der Waals surface area (Å²) >= 11 is 0. The van der Waals surface area contributed by atoms with Gasteiger partial charge >= 0.3 is 5.97 Å². The fourth-order valence-corrected chi connectivity index (χ4v) is 1.77. The van der Waals surface area contributed by atoms with E-state index in [0.29, 0.717) is 18.8 Å². The summed E-state index contributed by atoms with van der Waals surface area (Å²) in [4.78, 5) is 10.8. The van der Waals surface area contributed by atoms with Crippen molar-refractivity contribution in [1.82, 2.24) is 15.0 Å². The molecule has 0 aliphatic rings. The highest BCUT2D eigenvalue weighted by molar-refractivity contribution is 5.86. The number of aromatic carboxylic acids is 1. The second-order valence-corrected chi connectivity index (χ2v) is 4.17. The van der Waals surface area contributed by atoms with Crippen molar-refractivity contribution in [2.75, 3.05) is 6.61 Å². The number of carbonyl (C=O) groups is 1. The third-order valence-electron chi connectivity index (χ3n) is 2.71. The third kappa shape index (κ3) is 3.74. The highest BCUT2D eigenvalue weighted by atomic mass is 19.3. The van der Waals surface area contributed by atoms with E-state index in [2.05, 4.69) is 10.3 Å². The van der Waals surface area contributed by atoms with Gasteiger partial charge in [-0.15, -0.1) is 5.10 Å². The molecule has 0 unspecified atom stereocenters. The van der Waals surface area contributed by atoms with Crippen molar-refractivity contribution >= 4 is 5.97 Å². The number of aromatic nitrogens is 3. The molecule has 2 rings (SSSR count). The zero-order valence-electron chi connectivity index (χ0n) is 10.9. The number of nitrogens with zero attached hydrogens (tertiary/aromatic N) is 3. The summed E-state index contributed by atoms with van der Waals surface area (Å²) in [5.74, 6) is -0.839.